The zero-order chi connectivity index (χ0) is 15.4. The molecule has 1 amide bonds. The van der Waals surface area contributed by atoms with Gasteiger partial charge in [0.05, 0.1) is 18.9 Å². The second kappa shape index (κ2) is 7.02. The van der Waals surface area contributed by atoms with Gasteiger partial charge in [-0.3, -0.25) is 9.69 Å². The zero-order valence-electron chi connectivity index (χ0n) is 13.1. The third-order valence-electron chi connectivity index (χ3n) is 4.79. The van der Waals surface area contributed by atoms with Crippen LogP contribution in [0.2, 0.25) is 0 Å². The van der Waals surface area contributed by atoms with Gasteiger partial charge in [0.15, 0.2) is 0 Å². The summed E-state index contributed by atoms with van der Waals surface area (Å²) in [7, 11) is 0. The van der Waals surface area contributed by atoms with Gasteiger partial charge in [-0.15, -0.1) is 5.10 Å². The number of morpholine rings is 1. The first-order valence-electron chi connectivity index (χ1n) is 8.17. The summed E-state index contributed by atoms with van der Waals surface area (Å²) in [6.45, 7) is 6.35. The highest BCUT2D eigenvalue weighted by molar-refractivity contribution is 7.08. The molecule has 0 spiro atoms. The Morgan fingerprint density at radius 1 is 1.41 bits per heavy atom. The number of carbonyl (C=O) groups excluding carboxylic acids is 1. The number of nitrogens with zero attached hydrogens (tertiary/aromatic N) is 3. The molecule has 1 N–H and O–H groups in total. The van der Waals surface area contributed by atoms with Crippen molar-refractivity contribution in [1.29, 1.82) is 0 Å². The summed E-state index contributed by atoms with van der Waals surface area (Å²) in [6, 6.07) is 0. The van der Waals surface area contributed by atoms with E-state index in [0.717, 1.165) is 64.2 Å². The molecule has 1 aromatic heterocycles. The van der Waals surface area contributed by atoms with Crippen LogP contribution in [0.15, 0.2) is 0 Å². The molecule has 2 aliphatic rings. The molecule has 1 saturated heterocycles. The van der Waals surface area contributed by atoms with Crippen molar-refractivity contribution in [2.45, 2.75) is 44.6 Å². The maximum atomic E-state index is 12.4. The maximum Gasteiger partial charge on any atom is 0.265 e. The number of nitrogens with one attached hydrogen (secondary N) is 1. The second-order valence-corrected chi connectivity index (χ2v) is 6.91. The normalized spacial score (nSPS) is 21.3. The molecule has 2 fully saturated rings. The van der Waals surface area contributed by atoms with Crippen LogP contribution in [0, 0.1) is 0 Å². The van der Waals surface area contributed by atoms with Crippen molar-refractivity contribution in [3.05, 3.63) is 10.6 Å². The lowest BCUT2D eigenvalue weighted by Crippen LogP contribution is -2.62. The van der Waals surface area contributed by atoms with Crippen molar-refractivity contribution in [2.24, 2.45) is 0 Å². The summed E-state index contributed by atoms with van der Waals surface area (Å²) in [5.41, 5.74) is 0.974. The van der Waals surface area contributed by atoms with E-state index in [-0.39, 0.29) is 11.4 Å². The van der Waals surface area contributed by atoms with Gasteiger partial charge in [0.25, 0.3) is 5.91 Å². The van der Waals surface area contributed by atoms with Crippen LogP contribution in [-0.2, 0) is 11.2 Å². The van der Waals surface area contributed by atoms with Crippen LogP contribution in [-0.4, -0.2) is 58.8 Å². The molecule has 1 aliphatic heterocycles. The minimum Gasteiger partial charge on any atom is -0.379 e. The number of hydrogen-bond donors (Lipinski definition) is 1. The molecule has 0 aromatic carbocycles. The molecule has 1 saturated carbocycles. The van der Waals surface area contributed by atoms with E-state index in [1.54, 1.807) is 0 Å². The predicted molar refractivity (Wildman–Crippen MR) is 85.2 cm³/mol. The number of carbonyl (C=O) groups is 1. The second-order valence-electron chi connectivity index (χ2n) is 6.16. The standard InChI is InChI=1S/C15H24N4O2S/c1-2-4-12-13(22-18-17-12)14(20)16-11-15(5-3-6-15)19-7-9-21-10-8-19/h2-11H2,1H3,(H,16,20). The summed E-state index contributed by atoms with van der Waals surface area (Å²) in [6.07, 6.45) is 5.36. The number of rotatable bonds is 6. The monoisotopic (exact) mass is 324 g/mol. The van der Waals surface area contributed by atoms with E-state index in [2.05, 4.69) is 26.7 Å². The Kier molecular flexibility index (Phi) is 5.05. The maximum absolute atomic E-state index is 12.4. The van der Waals surface area contributed by atoms with Crippen LogP contribution in [0.5, 0.6) is 0 Å². The number of aryl methyl sites for hydroxylation is 1. The zero-order valence-corrected chi connectivity index (χ0v) is 14.0. The van der Waals surface area contributed by atoms with Gasteiger partial charge in [-0.05, 0) is 37.2 Å². The third kappa shape index (κ3) is 3.16. The molecule has 1 aliphatic carbocycles. The van der Waals surface area contributed by atoms with E-state index in [9.17, 15) is 4.79 Å². The highest BCUT2D eigenvalue weighted by Crippen LogP contribution is 2.37. The Labute approximate surface area is 135 Å². The molecule has 0 bridgehead atoms. The Balaban J connectivity index is 1.60. The topological polar surface area (TPSA) is 67.4 Å². The minimum atomic E-state index is -0.0158. The lowest BCUT2D eigenvalue weighted by molar-refractivity contribution is -0.0540. The lowest BCUT2D eigenvalue weighted by atomic mass is 9.75. The van der Waals surface area contributed by atoms with Crippen molar-refractivity contribution in [3.8, 4) is 0 Å². The van der Waals surface area contributed by atoms with Gasteiger partial charge in [-0.25, -0.2) is 0 Å². The van der Waals surface area contributed by atoms with Crippen LogP contribution >= 0.6 is 11.5 Å². The largest absolute Gasteiger partial charge is 0.379 e. The summed E-state index contributed by atoms with van der Waals surface area (Å²) in [4.78, 5) is 15.6. The number of amides is 1. The van der Waals surface area contributed by atoms with Gasteiger partial charge in [-0.1, -0.05) is 17.8 Å². The molecule has 122 valence electrons. The lowest BCUT2D eigenvalue weighted by Gasteiger charge is -2.51. The van der Waals surface area contributed by atoms with E-state index >= 15 is 0 Å². The van der Waals surface area contributed by atoms with Crippen molar-refractivity contribution < 1.29 is 9.53 Å². The first kappa shape index (κ1) is 15.8. The molecule has 0 atom stereocenters. The SMILES string of the molecule is CCCc1nnsc1C(=O)NCC1(N2CCOCC2)CCC1. The Bertz CT molecular complexity index is 509. The Morgan fingerprint density at radius 3 is 2.82 bits per heavy atom. The van der Waals surface area contributed by atoms with Crippen LogP contribution in [0.25, 0.3) is 0 Å². The number of aromatic nitrogens is 2. The smallest absolute Gasteiger partial charge is 0.265 e. The highest BCUT2D eigenvalue weighted by atomic mass is 32.1. The summed E-state index contributed by atoms with van der Waals surface area (Å²) in [5, 5.41) is 7.21. The van der Waals surface area contributed by atoms with Gasteiger partial charge in [-0.2, -0.15) is 0 Å². The van der Waals surface area contributed by atoms with Crippen molar-refractivity contribution in [3.63, 3.8) is 0 Å². The van der Waals surface area contributed by atoms with Crippen molar-refractivity contribution >= 4 is 17.4 Å². The van der Waals surface area contributed by atoms with E-state index in [4.69, 9.17) is 4.74 Å². The first-order valence-corrected chi connectivity index (χ1v) is 8.95. The number of hydrogen-bond acceptors (Lipinski definition) is 6. The predicted octanol–water partition coefficient (Wildman–Crippen LogP) is 1.48. The van der Waals surface area contributed by atoms with E-state index in [1.807, 2.05) is 0 Å². The minimum absolute atomic E-state index is 0.0158. The fraction of sp³-hybridized carbons (Fsp3) is 0.800. The third-order valence-corrected chi connectivity index (χ3v) is 5.56. The Morgan fingerprint density at radius 2 is 2.18 bits per heavy atom. The van der Waals surface area contributed by atoms with Gasteiger partial charge in [0.1, 0.15) is 4.88 Å². The molecule has 6 nitrogen and oxygen atoms in total. The summed E-state index contributed by atoms with van der Waals surface area (Å²) < 4.78 is 9.38. The summed E-state index contributed by atoms with van der Waals surface area (Å²) in [5.74, 6) is -0.0158. The summed E-state index contributed by atoms with van der Waals surface area (Å²) >= 11 is 1.20. The Hall–Kier alpha value is -1.05. The number of ether oxygens (including phenoxy) is 1. The highest BCUT2D eigenvalue weighted by Gasteiger charge is 2.43. The van der Waals surface area contributed by atoms with Crippen LogP contribution in [0.3, 0.4) is 0 Å². The first-order chi connectivity index (χ1) is 10.7. The molecule has 22 heavy (non-hydrogen) atoms. The van der Waals surface area contributed by atoms with Crippen molar-refractivity contribution in [2.75, 3.05) is 32.8 Å². The fourth-order valence-corrected chi connectivity index (χ4v) is 3.96. The van der Waals surface area contributed by atoms with Crippen LogP contribution in [0.1, 0.15) is 48.0 Å². The molecule has 1 aromatic rings. The van der Waals surface area contributed by atoms with E-state index in [0.29, 0.717) is 4.88 Å². The molecular formula is C15H24N4O2S. The van der Waals surface area contributed by atoms with Gasteiger partial charge < -0.3 is 10.1 Å². The van der Waals surface area contributed by atoms with Crippen LogP contribution in [0.4, 0.5) is 0 Å². The van der Waals surface area contributed by atoms with E-state index in [1.165, 1.54) is 18.0 Å². The molecule has 0 unspecified atom stereocenters. The van der Waals surface area contributed by atoms with Gasteiger partial charge >= 0.3 is 0 Å². The average Bonchev–Trinajstić information content (AvgIpc) is 2.96. The molecule has 0 radical (unpaired) electrons. The van der Waals surface area contributed by atoms with Gasteiger partial charge in [0, 0.05) is 25.2 Å². The molecule has 7 heteroatoms. The van der Waals surface area contributed by atoms with Crippen LogP contribution < -0.4 is 5.32 Å². The molecule has 2 heterocycles. The quantitative estimate of drug-likeness (QED) is 0.858. The average molecular weight is 324 g/mol. The molecular weight excluding hydrogens is 300 g/mol. The fourth-order valence-electron chi connectivity index (χ4n) is 3.33. The van der Waals surface area contributed by atoms with Crippen molar-refractivity contribution in [1.82, 2.24) is 19.8 Å². The van der Waals surface area contributed by atoms with Gasteiger partial charge in [0.2, 0.25) is 0 Å². The molecule has 3 rings (SSSR count). The van der Waals surface area contributed by atoms with E-state index < -0.39 is 0 Å².